The molecule has 5 heteroatoms. The number of nitrogens with one attached hydrogen (secondary N) is 1. The number of aliphatic hydroxyl groups excluding tert-OH is 1. The van der Waals surface area contributed by atoms with E-state index in [-0.39, 0.29) is 0 Å². The van der Waals surface area contributed by atoms with Gasteiger partial charge >= 0.3 is 0 Å². The van der Waals surface area contributed by atoms with E-state index in [4.69, 9.17) is 10.2 Å². The molecule has 0 unspecified atom stereocenters. The Bertz CT molecular complexity index is 381. The molecule has 0 radical (unpaired) electrons. The number of H-pyrrole nitrogens is 1. The third-order valence-corrected chi connectivity index (χ3v) is 2.54. The fraction of sp³-hybridized carbons (Fsp3) is 0.125. The summed E-state index contributed by atoms with van der Waals surface area (Å²) in [5.41, 5.74) is 1.04. The molecule has 2 aromatic rings. The quantitative estimate of drug-likeness (QED) is 0.630. The van der Waals surface area contributed by atoms with E-state index in [0.717, 1.165) is 10.6 Å². The summed E-state index contributed by atoms with van der Waals surface area (Å²) >= 11 is 1.56. The van der Waals surface area contributed by atoms with Crippen molar-refractivity contribution in [2.75, 3.05) is 0 Å². The van der Waals surface area contributed by atoms with Gasteiger partial charge in [-0.15, -0.1) is 11.3 Å². The molecule has 0 aliphatic carbocycles. The van der Waals surface area contributed by atoms with Gasteiger partial charge in [-0.3, -0.25) is 5.10 Å². The van der Waals surface area contributed by atoms with Gasteiger partial charge in [0, 0.05) is 0 Å². The fourth-order valence-electron chi connectivity index (χ4n) is 1.02. The minimum atomic E-state index is -1.48. The Morgan fingerprint density at radius 2 is 2.31 bits per heavy atom. The molecule has 0 amide bonds. The Hall–Kier alpha value is -1.17. The van der Waals surface area contributed by atoms with E-state index in [2.05, 4.69) is 10.2 Å². The molecule has 3 N–H and O–H groups in total. The van der Waals surface area contributed by atoms with Crippen LogP contribution in [0.15, 0.2) is 23.6 Å². The third kappa shape index (κ3) is 1.62. The summed E-state index contributed by atoms with van der Waals surface area (Å²) in [5.74, 6) is 0. The molecule has 4 nitrogen and oxygen atoms in total. The Kier molecular flexibility index (Phi) is 2.13. The molecule has 13 heavy (non-hydrogen) atoms. The maximum Gasteiger partial charge on any atom is 0.195 e. The Morgan fingerprint density at radius 1 is 1.46 bits per heavy atom. The van der Waals surface area contributed by atoms with Gasteiger partial charge in [0.05, 0.1) is 10.6 Å². The van der Waals surface area contributed by atoms with Gasteiger partial charge in [-0.25, -0.2) is 0 Å². The van der Waals surface area contributed by atoms with Crippen LogP contribution in [0.5, 0.6) is 0 Å². The van der Waals surface area contributed by atoms with Crippen molar-refractivity contribution in [3.63, 3.8) is 0 Å². The molecule has 2 aromatic heterocycles. The number of aromatic amines is 1. The van der Waals surface area contributed by atoms with Gasteiger partial charge in [0.15, 0.2) is 6.29 Å². The first-order chi connectivity index (χ1) is 6.27. The number of aliphatic hydroxyl groups is 2. The monoisotopic (exact) mass is 196 g/mol. The van der Waals surface area contributed by atoms with Gasteiger partial charge in [0.2, 0.25) is 0 Å². The zero-order chi connectivity index (χ0) is 9.26. The standard InChI is InChI=1S/C8H8N2O2S/c11-8(12)6-4-5(9-10-6)7-2-1-3-13-7/h1-4,8,11-12H,(H,9,10). The van der Waals surface area contributed by atoms with Crippen molar-refractivity contribution in [1.82, 2.24) is 10.2 Å². The lowest BCUT2D eigenvalue weighted by molar-refractivity contribution is -0.0458. The van der Waals surface area contributed by atoms with E-state index < -0.39 is 6.29 Å². The zero-order valence-corrected chi connectivity index (χ0v) is 7.45. The molecule has 0 saturated carbocycles. The lowest BCUT2D eigenvalue weighted by Crippen LogP contribution is -1.93. The van der Waals surface area contributed by atoms with Crippen LogP contribution < -0.4 is 0 Å². The number of nitrogens with zero attached hydrogens (tertiary/aromatic N) is 1. The number of rotatable bonds is 2. The van der Waals surface area contributed by atoms with E-state index in [1.165, 1.54) is 0 Å². The summed E-state index contributed by atoms with van der Waals surface area (Å²) in [6.45, 7) is 0. The van der Waals surface area contributed by atoms with Crippen LogP contribution in [0.4, 0.5) is 0 Å². The summed E-state index contributed by atoms with van der Waals surface area (Å²) in [6.07, 6.45) is -1.48. The van der Waals surface area contributed by atoms with Crippen LogP contribution in [0, 0.1) is 0 Å². The van der Waals surface area contributed by atoms with E-state index in [9.17, 15) is 0 Å². The molecular weight excluding hydrogens is 188 g/mol. The Morgan fingerprint density at radius 3 is 2.85 bits per heavy atom. The highest BCUT2D eigenvalue weighted by atomic mass is 32.1. The molecule has 0 saturated heterocycles. The SMILES string of the molecule is OC(O)c1cc(-c2cccs2)n[nH]1. The Labute approximate surface area is 78.5 Å². The second-order valence-corrected chi connectivity index (χ2v) is 3.51. The number of hydrogen-bond acceptors (Lipinski definition) is 4. The molecule has 0 aliphatic heterocycles. The van der Waals surface area contributed by atoms with Gasteiger partial charge in [-0.1, -0.05) is 6.07 Å². The number of aromatic nitrogens is 2. The third-order valence-electron chi connectivity index (χ3n) is 1.65. The van der Waals surface area contributed by atoms with Gasteiger partial charge in [0.1, 0.15) is 5.69 Å². The van der Waals surface area contributed by atoms with E-state index >= 15 is 0 Å². The van der Waals surface area contributed by atoms with E-state index in [1.54, 1.807) is 17.4 Å². The van der Waals surface area contributed by atoms with Gasteiger partial charge < -0.3 is 10.2 Å². The van der Waals surface area contributed by atoms with Crippen LogP contribution >= 0.6 is 11.3 Å². The molecular formula is C8H8N2O2S. The molecule has 0 bridgehead atoms. The topological polar surface area (TPSA) is 69.1 Å². The van der Waals surface area contributed by atoms with Crippen molar-refractivity contribution < 1.29 is 10.2 Å². The number of hydrogen-bond donors (Lipinski definition) is 3. The van der Waals surface area contributed by atoms with E-state index in [0.29, 0.717) is 5.69 Å². The molecule has 0 spiro atoms. The summed E-state index contributed by atoms with van der Waals surface area (Å²) in [6, 6.07) is 5.47. The highest BCUT2D eigenvalue weighted by molar-refractivity contribution is 7.13. The summed E-state index contributed by atoms with van der Waals surface area (Å²) in [7, 11) is 0. The molecule has 0 atom stereocenters. The van der Waals surface area contributed by atoms with Crippen LogP contribution in [0.25, 0.3) is 10.6 Å². The maximum atomic E-state index is 8.82. The van der Waals surface area contributed by atoms with Crippen molar-refractivity contribution in [3.8, 4) is 10.6 Å². The average Bonchev–Trinajstić information content (AvgIpc) is 2.75. The van der Waals surface area contributed by atoms with Gasteiger partial charge in [0.25, 0.3) is 0 Å². The van der Waals surface area contributed by atoms with Crippen molar-refractivity contribution in [3.05, 3.63) is 29.3 Å². The lowest BCUT2D eigenvalue weighted by Gasteiger charge is -1.94. The minimum Gasteiger partial charge on any atom is -0.363 e. The van der Waals surface area contributed by atoms with Crippen molar-refractivity contribution in [2.24, 2.45) is 0 Å². The lowest BCUT2D eigenvalue weighted by atomic mass is 10.3. The van der Waals surface area contributed by atoms with Crippen LogP contribution in [0.3, 0.4) is 0 Å². The highest BCUT2D eigenvalue weighted by Gasteiger charge is 2.08. The maximum absolute atomic E-state index is 8.82. The largest absolute Gasteiger partial charge is 0.363 e. The average molecular weight is 196 g/mol. The Balaban J connectivity index is 2.33. The predicted molar refractivity (Wildman–Crippen MR) is 49.1 cm³/mol. The normalized spacial score (nSPS) is 11.0. The zero-order valence-electron chi connectivity index (χ0n) is 6.64. The van der Waals surface area contributed by atoms with Crippen molar-refractivity contribution in [1.29, 1.82) is 0 Å². The van der Waals surface area contributed by atoms with Crippen molar-refractivity contribution in [2.45, 2.75) is 6.29 Å². The summed E-state index contributed by atoms with van der Waals surface area (Å²) in [5, 5.41) is 26.1. The smallest absolute Gasteiger partial charge is 0.195 e. The second kappa shape index (κ2) is 3.29. The molecule has 2 heterocycles. The molecule has 2 rings (SSSR count). The van der Waals surface area contributed by atoms with Crippen LogP contribution in [-0.2, 0) is 0 Å². The summed E-state index contributed by atoms with van der Waals surface area (Å²) in [4.78, 5) is 1.00. The molecule has 0 aromatic carbocycles. The van der Waals surface area contributed by atoms with Crippen LogP contribution in [0.1, 0.15) is 12.0 Å². The minimum absolute atomic E-state index is 0.309. The number of thiophene rings is 1. The fourth-order valence-corrected chi connectivity index (χ4v) is 1.71. The highest BCUT2D eigenvalue weighted by Crippen LogP contribution is 2.23. The van der Waals surface area contributed by atoms with Crippen molar-refractivity contribution >= 4 is 11.3 Å². The van der Waals surface area contributed by atoms with Crippen LogP contribution in [-0.4, -0.2) is 20.4 Å². The molecule has 0 fully saturated rings. The van der Waals surface area contributed by atoms with Gasteiger partial charge in [-0.2, -0.15) is 5.10 Å². The molecule has 68 valence electrons. The van der Waals surface area contributed by atoms with Gasteiger partial charge in [-0.05, 0) is 17.5 Å². The molecule has 0 aliphatic rings. The summed E-state index contributed by atoms with van der Waals surface area (Å²) < 4.78 is 0. The first-order valence-electron chi connectivity index (χ1n) is 3.72. The first-order valence-corrected chi connectivity index (χ1v) is 4.60. The second-order valence-electron chi connectivity index (χ2n) is 2.56. The first kappa shape index (κ1) is 8.43. The predicted octanol–water partition coefficient (Wildman–Crippen LogP) is 1.12. The van der Waals surface area contributed by atoms with Crippen LogP contribution in [0.2, 0.25) is 0 Å². The van der Waals surface area contributed by atoms with E-state index in [1.807, 2.05) is 17.5 Å².